The summed E-state index contributed by atoms with van der Waals surface area (Å²) in [5.74, 6) is 5.73. The lowest BCUT2D eigenvalue weighted by molar-refractivity contribution is 0.549. The molecule has 0 heterocycles. The molecule has 2 rings (SSSR count). The van der Waals surface area contributed by atoms with Crippen molar-refractivity contribution in [1.29, 1.82) is 0 Å². The molecule has 0 aliphatic heterocycles. The second-order valence-corrected chi connectivity index (χ2v) is 6.86. The Balaban J connectivity index is 2.18. The third kappa shape index (κ3) is 4.31. The first-order chi connectivity index (χ1) is 9.90. The molecule has 2 aromatic rings. The Morgan fingerprint density at radius 2 is 1.76 bits per heavy atom. The number of hydrogen-bond acceptors (Lipinski definition) is 2. The SMILES string of the molecule is CC(C)(C)c1ccc(C(Cc2cccc(Cl)c2)NN)cc1. The molecular weight excluding hydrogens is 280 g/mol. The Kier molecular flexibility index (Phi) is 5.04. The van der Waals surface area contributed by atoms with E-state index in [1.54, 1.807) is 0 Å². The van der Waals surface area contributed by atoms with Crippen LogP contribution in [-0.2, 0) is 11.8 Å². The van der Waals surface area contributed by atoms with Gasteiger partial charge in [0.25, 0.3) is 0 Å². The van der Waals surface area contributed by atoms with Gasteiger partial charge in [-0.1, -0.05) is 68.8 Å². The van der Waals surface area contributed by atoms with Crippen molar-refractivity contribution in [1.82, 2.24) is 5.43 Å². The highest BCUT2D eigenvalue weighted by molar-refractivity contribution is 6.30. The van der Waals surface area contributed by atoms with Crippen LogP contribution < -0.4 is 11.3 Å². The Hall–Kier alpha value is -1.35. The molecule has 0 spiro atoms. The summed E-state index contributed by atoms with van der Waals surface area (Å²) in [7, 11) is 0. The molecule has 0 saturated heterocycles. The van der Waals surface area contributed by atoms with Gasteiger partial charge in [0.05, 0.1) is 0 Å². The van der Waals surface area contributed by atoms with Gasteiger partial charge in [-0.2, -0.15) is 0 Å². The van der Waals surface area contributed by atoms with Crippen LogP contribution in [0.5, 0.6) is 0 Å². The predicted octanol–water partition coefficient (Wildman–Crippen LogP) is 4.38. The van der Waals surface area contributed by atoms with Gasteiger partial charge in [-0.3, -0.25) is 11.3 Å². The van der Waals surface area contributed by atoms with E-state index >= 15 is 0 Å². The van der Waals surface area contributed by atoms with Crippen molar-refractivity contribution >= 4 is 11.6 Å². The number of hydrogen-bond donors (Lipinski definition) is 2. The molecule has 1 unspecified atom stereocenters. The second-order valence-electron chi connectivity index (χ2n) is 6.43. The number of hydrazine groups is 1. The van der Waals surface area contributed by atoms with E-state index in [9.17, 15) is 0 Å². The normalized spacial score (nSPS) is 13.2. The molecule has 0 saturated carbocycles. The fourth-order valence-electron chi connectivity index (χ4n) is 2.39. The van der Waals surface area contributed by atoms with Crippen molar-refractivity contribution in [3.8, 4) is 0 Å². The summed E-state index contributed by atoms with van der Waals surface area (Å²) >= 11 is 6.04. The molecule has 2 nitrogen and oxygen atoms in total. The van der Waals surface area contributed by atoms with E-state index in [0.29, 0.717) is 0 Å². The minimum Gasteiger partial charge on any atom is -0.271 e. The maximum atomic E-state index is 6.04. The van der Waals surface area contributed by atoms with Gasteiger partial charge in [0.15, 0.2) is 0 Å². The van der Waals surface area contributed by atoms with E-state index in [1.807, 2.05) is 18.2 Å². The molecule has 0 aromatic heterocycles. The zero-order chi connectivity index (χ0) is 15.5. The summed E-state index contributed by atoms with van der Waals surface area (Å²) in [4.78, 5) is 0. The Morgan fingerprint density at radius 1 is 1.10 bits per heavy atom. The molecule has 0 aliphatic rings. The fourth-order valence-corrected chi connectivity index (χ4v) is 2.60. The highest BCUT2D eigenvalue weighted by Gasteiger charge is 2.15. The number of rotatable bonds is 4. The molecule has 0 fully saturated rings. The van der Waals surface area contributed by atoms with Crippen molar-refractivity contribution in [2.45, 2.75) is 38.6 Å². The molecule has 0 radical (unpaired) electrons. The summed E-state index contributed by atoms with van der Waals surface area (Å²) in [6, 6.07) is 16.6. The van der Waals surface area contributed by atoms with Gasteiger partial charge < -0.3 is 0 Å². The molecule has 0 amide bonds. The lowest BCUT2D eigenvalue weighted by Gasteiger charge is -2.21. The Labute approximate surface area is 132 Å². The Morgan fingerprint density at radius 3 is 2.29 bits per heavy atom. The van der Waals surface area contributed by atoms with Gasteiger partial charge in [0.1, 0.15) is 0 Å². The van der Waals surface area contributed by atoms with Crippen molar-refractivity contribution in [2.24, 2.45) is 5.84 Å². The molecule has 3 heteroatoms. The second kappa shape index (κ2) is 6.61. The van der Waals surface area contributed by atoms with Gasteiger partial charge in [-0.25, -0.2) is 0 Å². The maximum Gasteiger partial charge on any atom is 0.0500 e. The zero-order valence-electron chi connectivity index (χ0n) is 12.9. The molecule has 21 heavy (non-hydrogen) atoms. The highest BCUT2D eigenvalue weighted by Crippen LogP contribution is 2.25. The summed E-state index contributed by atoms with van der Waals surface area (Å²) in [5, 5.41) is 0.756. The van der Waals surface area contributed by atoms with Crippen LogP contribution in [0.4, 0.5) is 0 Å². The van der Waals surface area contributed by atoms with Crippen molar-refractivity contribution in [3.05, 3.63) is 70.2 Å². The van der Waals surface area contributed by atoms with Crippen LogP contribution in [0.15, 0.2) is 48.5 Å². The summed E-state index contributed by atoms with van der Waals surface area (Å²) in [6.45, 7) is 6.64. The smallest absolute Gasteiger partial charge is 0.0500 e. The standard InChI is InChI=1S/C18H23ClN2/c1-18(2,3)15-9-7-14(8-10-15)17(21-20)12-13-5-4-6-16(19)11-13/h4-11,17,21H,12,20H2,1-3H3. The van der Waals surface area contributed by atoms with Gasteiger partial charge in [-0.05, 0) is 40.7 Å². The molecule has 3 N–H and O–H groups in total. The summed E-state index contributed by atoms with van der Waals surface area (Å²) < 4.78 is 0. The fraction of sp³-hybridized carbons (Fsp3) is 0.333. The summed E-state index contributed by atoms with van der Waals surface area (Å²) in [5.41, 5.74) is 6.75. The maximum absolute atomic E-state index is 6.04. The number of halogens is 1. The molecule has 1 atom stereocenters. The van der Waals surface area contributed by atoms with Crippen LogP contribution in [0.1, 0.15) is 43.5 Å². The molecular formula is C18H23ClN2. The average molecular weight is 303 g/mol. The van der Waals surface area contributed by atoms with Crippen LogP contribution in [0, 0.1) is 0 Å². The van der Waals surface area contributed by atoms with Crippen LogP contribution in [0.25, 0.3) is 0 Å². The molecule has 112 valence electrons. The topological polar surface area (TPSA) is 38.0 Å². The van der Waals surface area contributed by atoms with E-state index in [1.165, 1.54) is 16.7 Å². The van der Waals surface area contributed by atoms with E-state index < -0.39 is 0 Å². The third-order valence-electron chi connectivity index (χ3n) is 3.71. The van der Waals surface area contributed by atoms with E-state index in [2.05, 4.69) is 56.5 Å². The van der Waals surface area contributed by atoms with Crippen LogP contribution in [0.3, 0.4) is 0 Å². The third-order valence-corrected chi connectivity index (χ3v) is 3.94. The monoisotopic (exact) mass is 302 g/mol. The van der Waals surface area contributed by atoms with Crippen LogP contribution in [-0.4, -0.2) is 0 Å². The van der Waals surface area contributed by atoms with Crippen molar-refractivity contribution < 1.29 is 0 Å². The van der Waals surface area contributed by atoms with E-state index in [0.717, 1.165) is 11.4 Å². The quantitative estimate of drug-likeness (QED) is 0.649. The predicted molar refractivity (Wildman–Crippen MR) is 90.4 cm³/mol. The zero-order valence-corrected chi connectivity index (χ0v) is 13.6. The number of nitrogens with two attached hydrogens (primary N) is 1. The van der Waals surface area contributed by atoms with Crippen molar-refractivity contribution in [3.63, 3.8) is 0 Å². The van der Waals surface area contributed by atoms with Gasteiger partial charge in [0, 0.05) is 11.1 Å². The summed E-state index contributed by atoms with van der Waals surface area (Å²) in [6.07, 6.45) is 0.811. The first-order valence-corrected chi connectivity index (χ1v) is 7.59. The molecule has 2 aromatic carbocycles. The highest BCUT2D eigenvalue weighted by atomic mass is 35.5. The van der Waals surface area contributed by atoms with Gasteiger partial charge in [-0.15, -0.1) is 0 Å². The minimum atomic E-state index is 0.0810. The largest absolute Gasteiger partial charge is 0.271 e. The lowest BCUT2D eigenvalue weighted by Crippen LogP contribution is -2.29. The van der Waals surface area contributed by atoms with Crippen molar-refractivity contribution in [2.75, 3.05) is 0 Å². The number of benzene rings is 2. The molecule has 0 bridgehead atoms. The lowest BCUT2D eigenvalue weighted by atomic mass is 9.86. The average Bonchev–Trinajstić information content (AvgIpc) is 2.44. The first kappa shape index (κ1) is 16.0. The van der Waals surface area contributed by atoms with Crippen LogP contribution >= 0.6 is 11.6 Å². The van der Waals surface area contributed by atoms with Gasteiger partial charge >= 0.3 is 0 Å². The minimum absolute atomic E-state index is 0.0810. The van der Waals surface area contributed by atoms with Gasteiger partial charge in [0.2, 0.25) is 0 Å². The van der Waals surface area contributed by atoms with E-state index in [4.69, 9.17) is 17.4 Å². The molecule has 0 aliphatic carbocycles. The number of nitrogens with one attached hydrogen (secondary N) is 1. The van der Waals surface area contributed by atoms with Crippen LogP contribution in [0.2, 0.25) is 5.02 Å². The Bertz CT molecular complexity index is 585. The van der Waals surface area contributed by atoms with E-state index in [-0.39, 0.29) is 11.5 Å². The first-order valence-electron chi connectivity index (χ1n) is 7.21.